The molecule has 0 heterocycles. The minimum atomic E-state index is -1.15. The third-order valence-electron chi connectivity index (χ3n) is 2.14. The minimum Gasteiger partial charge on any atom is -0.478 e. The lowest BCUT2D eigenvalue weighted by molar-refractivity contribution is -0.149. The first kappa shape index (κ1) is 14.7. The summed E-state index contributed by atoms with van der Waals surface area (Å²) in [5.74, 6) is -1.75. The molecule has 0 aromatic carbocycles. The molecule has 1 N–H and O–H groups in total. The van der Waals surface area contributed by atoms with E-state index in [-0.39, 0.29) is 11.5 Å². The van der Waals surface area contributed by atoms with Crippen molar-refractivity contribution in [2.45, 2.75) is 46.6 Å². The molecule has 0 saturated heterocycles. The molecule has 0 amide bonds. The second kappa shape index (κ2) is 6.30. The van der Waals surface area contributed by atoms with Gasteiger partial charge in [-0.2, -0.15) is 0 Å². The lowest BCUT2D eigenvalue weighted by Gasteiger charge is -2.29. The van der Waals surface area contributed by atoms with Crippen LogP contribution in [0.4, 0.5) is 0 Å². The summed E-state index contributed by atoms with van der Waals surface area (Å²) >= 11 is 0. The molecule has 0 saturated carbocycles. The molecule has 0 fully saturated rings. The predicted octanol–water partition coefficient (Wildman–Crippen LogP) is 2.39. The highest BCUT2D eigenvalue weighted by atomic mass is 16.5. The Hall–Kier alpha value is -1.32. The highest BCUT2D eigenvalue weighted by molar-refractivity contribution is 5.90. The van der Waals surface area contributed by atoms with Gasteiger partial charge in [0.15, 0.2) is 0 Å². The first-order valence-electron chi connectivity index (χ1n) is 5.39. The van der Waals surface area contributed by atoms with Gasteiger partial charge in [0.2, 0.25) is 0 Å². The maximum atomic E-state index is 11.3. The number of carbonyl (C=O) groups excluding carboxylic acids is 1. The van der Waals surface area contributed by atoms with E-state index in [1.165, 1.54) is 0 Å². The number of aliphatic carboxylic acids is 1. The van der Waals surface area contributed by atoms with E-state index in [2.05, 4.69) is 0 Å². The van der Waals surface area contributed by atoms with Gasteiger partial charge in [-0.05, 0) is 11.8 Å². The zero-order chi connectivity index (χ0) is 12.8. The maximum Gasteiger partial charge on any atom is 0.331 e. The number of carboxylic acid groups (broad SMARTS) is 1. The zero-order valence-electron chi connectivity index (χ0n) is 10.3. The second-order valence-corrected chi connectivity index (χ2v) is 4.75. The number of carboxylic acids is 1. The molecule has 16 heavy (non-hydrogen) atoms. The quantitative estimate of drug-likeness (QED) is 0.579. The van der Waals surface area contributed by atoms with E-state index in [9.17, 15) is 9.59 Å². The van der Waals surface area contributed by atoms with E-state index in [0.717, 1.165) is 25.0 Å². The normalized spacial score (nSPS) is 13.8. The molecule has 0 aliphatic carbocycles. The summed E-state index contributed by atoms with van der Waals surface area (Å²) in [6.45, 7) is 7.98. The van der Waals surface area contributed by atoms with Crippen molar-refractivity contribution in [3.05, 3.63) is 12.2 Å². The van der Waals surface area contributed by atoms with E-state index in [0.29, 0.717) is 0 Å². The standard InChI is InChI=1S/C12H20O4/c1-5-6-9(12(2,3)4)16-11(15)8-7-10(13)14/h7-9H,5-6H2,1-4H3,(H,13,14). The van der Waals surface area contributed by atoms with Crippen molar-refractivity contribution in [1.29, 1.82) is 0 Å². The van der Waals surface area contributed by atoms with Gasteiger partial charge in [-0.3, -0.25) is 0 Å². The molecule has 0 radical (unpaired) electrons. The largest absolute Gasteiger partial charge is 0.478 e. The zero-order valence-corrected chi connectivity index (χ0v) is 10.3. The lowest BCUT2D eigenvalue weighted by Crippen LogP contribution is -2.31. The molecular formula is C12H20O4. The van der Waals surface area contributed by atoms with Gasteiger partial charge in [0, 0.05) is 12.2 Å². The first-order chi connectivity index (χ1) is 7.27. The van der Waals surface area contributed by atoms with Gasteiger partial charge in [-0.25, -0.2) is 9.59 Å². The topological polar surface area (TPSA) is 63.6 Å². The average molecular weight is 228 g/mol. The number of ether oxygens (including phenoxy) is 1. The lowest BCUT2D eigenvalue weighted by atomic mass is 9.86. The van der Waals surface area contributed by atoms with Crippen LogP contribution in [-0.4, -0.2) is 23.1 Å². The van der Waals surface area contributed by atoms with E-state index < -0.39 is 11.9 Å². The van der Waals surface area contributed by atoms with Gasteiger partial charge >= 0.3 is 11.9 Å². The van der Waals surface area contributed by atoms with Crippen molar-refractivity contribution in [3.63, 3.8) is 0 Å². The Balaban J connectivity index is 4.41. The fourth-order valence-corrected chi connectivity index (χ4v) is 1.25. The van der Waals surface area contributed by atoms with Gasteiger partial charge in [0.05, 0.1) is 0 Å². The summed E-state index contributed by atoms with van der Waals surface area (Å²) in [5.41, 5.74) is -0.136. The number of hydrogen-bond donors (Lipinski definition) is 1. The van der Waals surface area contributed by atoms with Crippen molar-refractivity contribution in [2.75, 3.05) is 0 Å². The van der Waals surface area contributed by atoms with Crippen LogP contribution in [0, 0.1) is 5.41 Å². The Morgan fingerprint density at radius 2 is 1.88 bits per heavy atom. The Morgan fingerprint density at radius 3 is 2.25 bits per heavy atom. The average Bonchev–Trinajstić information content (AvgIpc) is 2.12. The van der Waals surface area contributed by atoms with Crippen LogP contribution in [0.15, 0.2) is 12.2 Å². The Labute approximate surface area is 96.3 Å². The fraction of sp³-hybridized carbons (Fsp3) is 0.667. The van der Waals surface area contributed by atoms with E-state index >= 15 is 0 Å². The van der Waals surface area contributed by atoms with Crippen LogP contribution in [-0.2, 0) is 14.3 Å². The molecule has 0 aliphatic heterocycles. The number of hydrogen-bond acceptors (Lipinski definition) is 3. The fourth-order valence-electron chi connectivity index (χ4n) is 1.25. The smallest absolute Gasteiger partial charge is 0.331 e. The summed E-state index contributed by atoms with van der Waals surface area (Å²) in [4.78, 5) is 21.5. The molecular weight excluding hydrogens is 208 g/mol. The molecule has 4 heteroatoms. The third kappa shape index (κ3) is 6.22. The maximum absolute atomic E-state index is 11.3. The van der Waals surface area contributed by atoms with Gasteiger partial charge in [0.25, 0.3) is 0 Å². The summed E-state index contributed by atoms with van der Waals surface area (Å²) in [7, 11) is 0. The van der Waals surface area contributed by atoms with Gasteiger partial charge in [-0.15, -0.1) is 0 Å². The molecule has 0 spiro atoms. The predicted molar refractivity (Wildman–Crippen MR) is 61.0 cm³/mol. The third-order valence-corrected chi connectivity index (χ3v) is 2.14. The van der Waals surface area contributed by atoms with Crippen LogP contribution < -0.4 is 0 Å². The monoisotopic (exact) mass is 228 g/mol. The number of esters is 1. The molecule has 0 rings (SSSR count). The van der Waals surface area contributed by atoms with Crippen LogP contribution in [0.2, 0.25) is 0 Å². The van der Waals surface area contributed by atoms with Crippen LogP contribution in [0.25, 0.3) is 0 Å². The van der Waals surface area contributed by atoms with Gasteiger partial charge in [0.1, 0.15) is 6.10 Å². The molecule has 92 valence electrons. The minimum absolute atomic E-state index is 0.136. The molecule has 1 unspecified atom stereocenters. The molecule has 0 bridgehead atoms. The Morgan fingerprint density at radius 1 is 1.31 bits per heavy atom. The SMILES string of the molecule is CCCC(OC(=O)C=CC(=O)O)C(C)(C)C. The van der Waals surface area contributed by atoms with Crippen molar-refractivity contribution < 1.29 is 19.4 Å². The first-order valence-corrected chi connectivity index (χ1v) is 5.39. The van der Waals surface area contributed by atoms with Gasteiger partial charge in [-0.1, -0.05) is 34.1 Å². The highest BCUT2D eigenvalue weighted by Crippen LogP contribution is 2.26. The van der Waals surface area contributed by atoms with Crippen LogP contribution in [0.5, 0.6) is 0 Å². The summed E-state index contributed by atoms with van der Waals surface area (Å²) in [5, 5.41) is 8.37. The molecule has 1 atom stereocenters. The van der Waals surface area contributed by atoms with Crippen LogP contribution in [0.1, 0.15) is 40.5 Å². The van der Waals surface area contributed by atoms with E-state index in [1.807, 2.05) is 27.7 Å². The summed E-state index contributed by atoms with van der Waals surface area (Å²) in [6.07, 6.45) is 3.22. The molecule has 0 aromatic heterocycles. The summed E-state index contributed by atoms with van der Waals surface area (Å²) in [6, 6.07) is 0. The molecule has 0 aliphatic rings. The second-order valence-electron chi connectivity index (χ2n) is 4.75. The Kier molecular flexibility index (Phi) is 5.78. The van der Waals surface area contributed by atoms with Crippen LogP contribution in [0.3, 0.4) is 0 Å². The number of rotatable bonds is 5. The highest BCUT2D eigenvalue weighted by Gasteiger charge is 2.26. The molecule has 4 nitrogen and oxygen atoms in total. The van der Waals surface area contributed by atoms with Crippen molar-refractivity contribution in [2.24, 2.45) is 5.41 Å². The molecule has 0 aromatic rings. The van der Waals surface area contributed by atoms with Crippen LogP contribution >= 0.6 is 0 Å². The Bertz CT molecular complexity index is 273. The van der Waals surface area contributed by atoms with Gasteiger partial charge < -0.3 is 9.84 Å². The van der Waals surface area contributed by atoms with E-state index in [1.54, 1.807) is 0 Å². The van der Waals surface area contributed by atoms with Crippen molar-refractivity contribution in [1.82, 2.24) is 0 Å². The summed E-state index contributed by atoms with van der Waals surface area (Å²) < 4.78 is 5.22. The number of carbonyl (C=O) groups is 2. The van der Waals surface area contributed by atoms with Crippen molar-refractivity contribution >= 4 is 11.9 Å². The van der Waals surface area contributed by atoms with E-state index in [4.69, 9.17) is 9.84 Å². The van der Waals surface area contributed by atoms with Crippen molar-refractivity contribution in [3.8, 4) is 0 Å².